The summed E-state index contributed by atoms with van der Waals surface area (Å²) in [4.78, 5) is 74.2. The highest BCUT2D eigenvalue weighted by Crippen LogP contribution is 2.48. The molecule has 3 fully saturated rings. The van der Waals surface area contributed by atoms with Crippen LogP contribution >= 0.6 is 0 Å². The van der Waals surface area contributed by atoms with Crippen LogP contribution in [0.25, 0.3) is 18.2 Å². The van der Waals surface area contributed by atoms with Crippen molar-refractivity contribution in [3.63, 3.8) is 0 Å². The van der Waals surface area contributed by atoms with Crippen LogP contribution in [0.2, 0.25) is 0 Å². The van der Waals surface area contributed by atoms with Crippen LogP contribution in [-0.4, -0.2) is 257 Å². The Balaban J connectivity index is 1.11. The van der Waals surface area contributed by atoms with Crippen LogP contribution in [0, 0.1) is 0 Å². The Morgan fingerprint density at radius 3 is 1.67 bits per heavy atom. The minimum absolute atomic E-state index is 0.119. The van der Waals surface area contributed by atoms with E-state index in [0.29, 0.717) is 0 Å². The number of carboxylic acids is 2. The van der Waals surface area contributed by atoms with Crippen molar-refractivity contribution in [2.75, 3.05) is 19.8 Å². The number of aliphatic hydroxyl groups is 9. The first kappa shape index (κ1) is 70.1. The lowest BCUT2D eigenvalue weighted by Gasteiger charge is -2.47. The summed E-state index contributed by atoms with van der Waals surface area (Å²) in [5, 5.41) is 199. The van der Waals surface area contributed by atoms with Crippen molar-refractivity contribution >= 4 is 54.0 Å². The Morgan fingerprint density at radius 2 is 1.09 bits per heavy atom. The number of phenolic OH excluding ortho intramolecular Hbond substituents is 8. The quantitative estimate of drug-likeness (QED) is 0.0113. The van der Waals surface area contributed by atoms with Crippen LogP contribution in [0.5, 0.6) is 57.5 Å². The third kappa shape index (κ3) is 16.3. The average Bonchev–Trinajstić information content (AvgIpc) is 0.767. The number of phenols is 8. The molecule has 0 spiro atoms. The summed E-state index contributed by atoms with van der Waals surface area (Å²) in [5.74, 6) is -17.3. The molecule has 4 aliphatic rings. The fourth-order valence-electron chi connectivity index (χ4n) is 9.46. The lowest BCUT2D eigenvalue weighted by atomic mass is 9.96. The molecule has 3 saturated heterocycles. The van der Waals surface area contributed by atoms with E-state index >= 15 is 0 Å². The predicted molar refractivity (Wildman–Crippen MR) is 298 cm³/mol. The Hall–Kier alpha value is -9.80. The Labute approximate surface area is 525 Å². The monoisotopic (exact) mass is 1330 g/mol. The molecule has 0 aromatic heterocycles. The van der Waals surface area contributed by atoms with Crippen molar-refractivity contribution in [3.05, 3.63) is 101 Å². The average molecular weight is 1330 g/mol. The number of carbonyl (C=O) groups is 6. The van der Waals surface area contributed by atoms with Crippen molar-refractivity contribution in [1.82, 2.24) is 0 Å². The van der Waals surface area contributed by atoms with Crippen LogP contribution in [0.4, 0.5) is 0 Å². The molecule has 0 radical (unpaired) electrons. The molecule has 36 nitrogen and oxygen atoms in total. The van der Waals surface area contributed by atoms with E-state index in [-0.39, 0.29) is 22.3 Å². The summed E-state index contributed by atoms with van der Waals surface area (Å²) < 4.78 is 61.8. The van der Waals surface area contributed by atoms with Crippen molar-refractivity contribution in [1.29, 1.82) is 0 Å². The summed E-state index contributed by atoms with van der Waals surface area (Å²) in [6.45, 7) is -3.04. The smallest absolute Gasteiger partial charge is 0.348 e. The molecule has 4 aliphatic heterocycles. The van der Waals surface area contributed by atoms with Gasteiger partial charge in [-0.1, -0.05) is 12.1 Å². The van der Waals surface area contributed by atoms with Crippen LogP contribution in [0.1, 0.15) is 34.8 Å². The van der Waals surface area contributed by atoms with E-state index in [0.717, 1.165) is 72.8 Å². The van der Waals surface area contributed by atoms with Gasteiger partial charge in [-0.05, 0) is 65.8 Å². The van der Waals surface area contributed by atoms with E-state index in [1.54, 1.807) is 0 Å². The van der Waals surface area contributed by atoms with E-state index in [9.17, 15) is 121 Å². The number of aromatic hydroxyl groups is 8. The summed E-state index contributed by atoms with van der Waals surface area (Å²) in [6.07, 6.45) is -35.4. The number of ether oxygens (including phenoxy) is 11. The molecular weight excluding hydrogens is 1270 g/mol. The predicted octanol–water partition coefficient (Wildman–Crippen LogP) is -3.46. The Morgan fingerprint density at radius 1 is 0.532 bits per heavy atom. The van der Waals surface area contributed by atoms with Crippen LogP contribution in [0.3, 0.4) is 0 Å². The van der Waals surface area contributed by atoms with Gasteiger partial charge in [-0.3, -0.25) is 9.59 Å². The summed E-state index contributed by atoms with van der Waals surface area (Å²) in [6, 6.07) is 10.6. The third-order valence-electron chi connectivity index (χ3n) is 14.4. The minimum atomic E-state index is -2.80. The first-order chi connectivity index (χ1) is 44.4. The van der Waals surface area contributed by atoms with E-state index in [1.807, 2.05) is 0 Å². The van der Waals surface area contributed by atoms with E-state index < -0.39 is 236 Å². The second-order valence-electron chi connectivity index (χ2n) is 21.0. The highest BCUT2D eigenvalue weighted by molar-refractivity contribution is 5.93. The van der Waals surface area contributed by atoms with Gasteiger partial charge in [0.15, 0.2) is 71.0 Å². The topological polar surface area (TPSA) is 588 Å². The van der Waals surface area contributed by atoms with Gasteiger partial charge in [0.05, 0.1) is 12.2 Å². The molecule has 4 aromatic rings. The van der Waals surface area contributed by atoms with E-state index in [2.05, 4.69) is 4.74 Å². The van der Waals surface area contributed by atoms with Gasteiger partial charge < -0.3 is 149 Å². The minimum Gasteiger partial charge on any atom is -0.507 e. The van der Waals surface area contributed by atoms with E-state index in [4.69, 9.17) is 52.5 Å². The molecule has 18 atom stereocenters. The molecule has 19 N–H and O–H groups in total. The number of esters is 4. The zero-order valence-electron chi connectivity index (χ0n) is 47.8. The number of hydrogen-bond donors (Lipinski definition) is 19. The first-order valence-electron chi connectivity index (χ1n) is 27.5. The number of benzene rings is 4. The van der Waals surface area contributed by atoms with Crippen molar-refractivity contribution < 1.29 is 178 Å². The highest BCUT2D eigenvalue weighted by Gasteiger charge is 2.54. The number of fused-ring (bicyclic) bond motifs is 1. The van der Waals surface area contributed by atoms with Gasteiger partial charge >= 0.3 is 35.8 Å². The zero-order valence-corrected chi connectivity index (χ0v) is 47.8. The lowest BCUT2D eigenvalue weighted by molar-refractivity contribution is -0.364. The molecule has 0 aliphatic carbocycles. The number of aliphatic carboxylic acids is 2. The summed E-state index contributed by atoms with van der Waals surface area (Å²) >= 11 is 0. The second-order valence-corrected chi connectivity index (χ2v) is 21.0. The van der Waals surface area contributed by atoms with Gasteiger partial charge in [0.25, 0.3) is 0 Å². The molecule has 0 saturated carbocycles. The van der Waals surface area contributed by atoms with Gasteiger partial charge in [-0.2, -0.15) is 0 Å². The number of aliphatic hydroxyl groups excluding tert-OH is 9. The molecule has 94 heavy (non-hydrogen) atoms. The fraction of sp³-hybridized carbons (Fsp3) is 0.379. The SMILES string of the molecule is O=C(C=Cc1ccc(O)c(O)c1)OCC1OC(Oc2cc(O)c3c(c2)OC(c2cc(O)c(O)c(O)c2)C(OC2OC(COC(=O)CC(=O)OC(C(=O)O)C(O)C(=O)O)C(O)C(O)C2OC2OC(CO)C(O)C(O)C2OC(=O)C=Cc2ccc(O)c(O)c2)=C3)C(O)C(O)C1O. The van der Waals surface area contributed by atoms with Crippen molar-refractivity contribution in [2.45, 2.75) is 117 Å². The first-order valence-corrected chi connectivity index (χ1v) is 27.5. The zero-order chi connectivity index (χ0) is 68.7. The van der Waals surface area contributed by atoms with Crippen molar-refractivity contribution in [3.8, 4) is 57.5 Å². The van der Waals surface area contributed by atoms with Gasteiger partial charge in [0, 0.05) is 29.8 Å². The molecular formula is C58H60O36. The van der Waals surface area contributed by atoms with Gasteiger partial charge in [-0.25, -0.2) is 19.2 Å². The van der Waals surface area contributed by atoms with Crippen LogP contribution < -0.4 is 9.47 Å². The Kier molecular flexibility index (Phi) is 22.3. The molecule has 0 bridgehead atoms. The fourth-order valence-corrected chi connectivity index (χ4v) is 9.46. The van der Waals surface area contributed by atoms with Crippen molar-refractivity contribution in [2.24, 2.45) is 0 Å². The lowest BCUT2D eigenvalue weighted by Crippen LogP contribution is -2.65. The maximum absolute atomic E-state index is 13.3. The van der Waals surface area contributed by atoms with Gasteiger partial charge in [0.1, 0.15) is 104 Å². The third-order valence-corrected chi connectivity index (χ3v) is 14.4. The molecule has 36 heteroatoms. The van der Waals surface area contributed by atoms with Crippen LogP contribution in [-0.2, 0) is 71.4 Å². The molecule has 508 valence electrons. The standard InChI is InChI=1S/C58H60O36/c59-17-34-42(72)46(76)52(92-38(68)8-4-21-2-6-26(61)29(64)10-21)58(89-34)94-53-47(77)44(74)36(19-85-39(69)16-40(70)93-51(55(82)83)49(79)54(80)81)91-57(53)88-33-15-24-27(62)13-23(14-32(24)87-50(33)22-11-30(65)41(71)31(66)12-22)86-56-48(78)45(75)43(73)35(90-56)18-84-37(67)7-3-20-1-5-25(60)28(63)9-20/h1-15,34-36,42-53,56-66,71-79H,16-19H2,(H,80,81)(H,82,83). The normalized spacial score (nSPS) is 28.2. The number of carbonyl (C=O) groups excluding carboxylic acids is 4. The van der Waals surface area contributed by atoms with Gasteiger partial charge in [-0.15, -0.1) is 0 Å². The largest absolute Gasteiger partial charge is 0.507 e. The summed E-state index contributed by atoms with van der Waals surface area (Å²) in [7, 11) is 0. The molecule has 4 aromatic carbocycles. The molecule has 0 amide bonds. The number of rotatable bonds is 23. The number of hydrogen-bond acceptors (Lipinski definition) is 34. The summed E-state index contributed by atoms with van der Waals surface area (Å²) in [5.41, 5.74) is -0.327. The van der Waals surface area contributed by atoms with E-state index in [1.165, 1.54) is 18.2 Å². The molecule has 18 unspecified atom stereocenters. The highest BCUT2D eigenvalue weighted by atomic mass is 16.8. The molecule has 8 rings (SSSR count). The van der Waals surface area contributed by atoms with Crippen LogP contribution in [0.15, 0.2) is 78.6 Å². The second kappa shape index (κ2) is 29.9. The van der Waals surface area contributed by atoms with Gasteiger partial charge in [0.2, 0.25) is 18.7 Å². The maximum Gasteiger partial charge on any atom is 0.348 e. The maximum atomic E-state index is 13.3. The Bertz CT molecular complexity index is 3530. The molecule has 4 heterocycles. The number of carboxylic acid groups (broad SMARTS) is 2.